The number of pyridine rings is 1. The Labute approximate surface area is 80.4 Å². The van der Waals surface area contributed by atoms with Crippen molar-refractivity contribution in [3.8, 4) is 0 Å². The van der Waals surface area contributed by atoms with Crippen LogP contribution in [0.3, 0.4) is 0 Å². The molecule has 0 aliphatic carbocycles. The average Bonchev–Trinajstić information content (AvgIpc) is 2.56. The quantitative estimate of drug-likeness (QED) is 0.514. The zero-order chi connectivity index (χ0) is 9.26. The summed E-state index contributed by atoms with van der Waals surface area (Å²) in [4.78, 5) is 4.39. The van der Waals surface area contributed by atoms with E-state index in [1.54, 1.807) is 0 Å². The highest BCUT2D eigenvalue weighted by Gasteiger charge is 2.05. The number of hydrogen-bond acceptors (Lipinski definition) is 1. The average molecular weight is 190 g/mol. The van der Waals surface area contributed by atoms with E-state index in [1.165, 1.54) is 10.8 Å². The van der Waals surface area contributed by atoms with Crippen molar-refractivity contribution in [3.05, 3.63) is 24.5 Å². The molecule has 0 aromatic carbocycles. The summed E-state index contributed by atoms with van der Waals surface area (Å²) in [6.45, 7) is 4.36. The van der Waals surface area contributed by atoms with Crippen molar-refractivity contribution < 1.29 is 0 Å². The van der Waals surface area contributed by atoms with Gasteiger partial charge in [0, 0.05) is 17.8 Å². The zero-order valence-electron chi connectivity index (χ0n) is 7.91. The molecular formula is C9H12BN2P. The Hall–Kier alpha value is -0.815. The van der Waals surface area contributed by atoms with Gasteiger partial charge in [0.05, 0.1) is 0 Å². The van der Waals surface area contributed by atoms with Crippen LogP contribution >= 0.6 is 8.73 Å². The summed E-state index contributed by atoms with van der Waals surface area (Å²) in [6.07, 6.45) is 4.08. The molecule has 0 amide bonds. The molecule has 2 aromatic rings. The Morgan fingerprint density at radius 1 is 1.54 bits per heavy atom. The summed E-state index contributed by atoms with van der Waals surface area (Å²) in [6, 6.07) is 4.16. The Bertz CT molecular complexity index is 386. The van der Waals surface area contributed by atoms with Gasteiger partial charge < -0.3 is 4.34 Å². The van der Waals surface area contributed by atoms with Crippen molar-refractivity contribution in [1.82, 2.24) is 9.32 Å². The van der Waals surface area contributed by atoms with E-state index in [4.69, 9.17) is 0 Å². The lowest BCUT2D eigenvalue weighted by Gasteiger charge is -1.96. The number of rotatable bonds is 2. The molecule has 13 heavy (non-hydrogen) atoms. The van der Waals surface area contributed by atoms with Crippen LogP contribution in [0.5, 0.6) is 0 Å². The summed E-state index contributed by atoms with van der Waals surface area (Å²) < 4.78 is 2.23. The van der Waals surface area contributed by atoms with Crippen molar-refractivity contribution in [2.75, 3.05) is 6.66 Å². The molecule has 0 saturated carbocycles. The van der Waals surface area contributed by atoms with Crippen molar-refractivity contribution in [3.63, 3.8) is 0 Å². The highest BCUT2D eigenvalue weighted by atomic mass is 31.1. The standard InChI is InChI=1S/C9H12BN2P/c1-10-8-6-12(13-2)9-7(8)4-3-5-11-9/h3-6,10,13H,1-2H3. The second-order valence-corrected chi connectivity index (χ2v) is 3.91. The van der Waals surface area contributed by atoms with Gasteiger partial charge >= 0.3 is 0 Å². The van der Waals surface area contributed by atoms with E-state index in [0.717, 1.165) is 21.7 Å². The molecule has 1 unspecified atom stereocenters. The van der Waals surface area contributed by atoms with Crippen LogP contribution in [0.15, 0.2) is 24.5 Å². The maximum absolute atomic E-state index is 4.39. The third-order valence-electron chi connectivity index (χ3n) is 2.27. The van der Waals surface area contributed by atoms with E-state index in [1.807, 2.05) is 12.3 Å². The molecule has 2 rings (SSSR count). The minimum Gasteiger partial charge on any atom is -0.315 e. The van der Waals surface area contributed by atoms with Crippen molar-refractivity contribution >= 4 is 32.5 Å². The molecule has 0 bridgehead atoms. The maximum Gasteiger partial charge on any atom is 0.157 e. The minimum absolute atomic E-state index is 0.762. The van der Waals surface area contributed by atoms with Gasteiger partial charge in [0.15, 0.2) is 7.28 Å². The first-order valence-corrected chi connectivity index (χ1v) is 5.94. The van der Waals surface area contributed by atoms with Crippen LogP contribution in [0.4, 0.5) is 0 Å². The highest BCUT2D eigenvalue weighted by molar-refractivity contribution is 7.35. The molecule has 0 fully saturated rings. The lowest BCUT2D eigenvalue weighted by molar-refractivity contribution is 1.25. The molecule has 66 valence electrons. The van der Waals surface area contributed by atoms with Gasteiger partial charge in [0.2, 0.25) is 0 Å². The van der Waals surface area contributed by atoms with E-state index < -0.39 is 0 Å². The largest absolute Gasteiger partial charge is 0.315 e. The fourth-order valence-electron chi connectivity index (χ4n) is 1.58. The van der Waals surface area contributed by atoms with Gasteiger partial charge in [-0.1, -0.05) is 18.4 Å². The topological polar surface area (TPSA) is 17.8 Å². The molecule has 2 nitrogen and oxygen atoms in total. The smallest absolute Gasteiger partial charge is 0.157 e. The van der Waals surface area contributed by atoms with E-state index in [9.17, 15) is 0 Å². The van der Waals surface area contributed by atoms with Gasteiger partial charge in [0.25, 0.3) is 0 Å². The summed E-state index contributed by atoms with van der Waals surface area (Å²) >= 11 is 0. The number of aromatic nitrogens is 2. The van der Waals surface area contributed by atoms with E-state index in [0.29, 0.717) is 0 Å². The first-order chi connectivity index (χ1) is 6.36. The van der Waals surface area contributed by atoms with Crippen LogP contribution in [0, 0.1) is 0 Å². The van der Waals surface area contributed by atoms with Crippen LogP contribution in [0.25, 0.3) is 11.0 Å². The monoisotopic (exact) mass is 190 g/mol. The Kier molecular flexibility index (Phi) is 2.37. The number of fused-ring (bicyclic) bond motifs is 1. The van der Waals surface area contributed by atoms with Crippen LogP contribution in [-0.2, 0) is 0 Å². The van der Waals surface area contributed by atoms with Crippen LogP contribution in [0.1, 0.15) is 0 Å². The van der Waals surface area contributed by atoms with Crippen molar-refractivity contribution in [2.45, 2.75) is 6.82 Å². The summed E-state index contributed by atoms with van der Waals surface area (Å²) in [5, 5.41) is 1.30. The SMILES string of the molecule is CBc1cn(PC)c2ncccc12. The first-order valence-electron chi connectivity index (χ1n) is 4.49. The normalized spacial score (nSPS) is 11.5. The first kappa shape index (κ1) is 8.77. The highest BCUT2D eigenvalue weighted by Crippen LogP contribution is 2.18. The third-order valence-corrected chi connectivity index (χ3v) is 3.09. The molecular weight excluding hydrogens is 178 g/mol. The second kappa shape index (κ2) is 3.51. The van der Waals surface area contributed by atoms with Gasteiger partial charge in [-0.3, -0.25) is 0 Å². The van der Waals surface area contributed by atoms with Gasteiger partial charge in [-0.25, -0.2) is 4.98 Å². The fraction of sp³-hybridized carbons (Fsp3) is 0.222. The maximum atomic E-state index is 4.39. The molecule has 2 heterocycles. The molecule has 0 radical (unpaired) electrons. The van der Waals surface area contributed by atoms with E-state index in [2.05, 4.69) is 35.1 Å². The lowest BCUT2D eigenvalue weighted by atomic mass is 9.73. The van der Waals surface area contributed by atoms with E-state index in [-0.39, 0.29) is 0 Å². The summed E-state index contributed by atoms with van der Waals surface area (Å²) in [5.74, 6) is 0. The molecule has 0 saturated heterocycles. The Morgan fingerprint density at radius 2 is 2.38 bits per heavy atom. The van der Waals surface area contributed by atoms with Crippen molar-refractivity contribution in [2.24, 2.45) is 0 Å². The van der Waals surface area contributed by atoms with Gasteiger partial charge in [0.1, 0.15) is 5.65 Å². The Morgan fingerprint density at radius 3 is 3.08 bits per heavy atom. The second-order valence-electron chi connectivity index (χ2n) is 2.98. The van der Waals surface area contributed by atoms with Gasteiger partial charge in [-0.2, -0.15) is 0 Å². The van der Waals surface area contributed by atoms with Crippen molar-refractivity contribution in [1.29, 1.82) is 0 Å². The number of hydrogen-bond donors (Lipinski definition) is 0. The van der Waals surface area contributed by atoms with Gasteiger partial charge in [-0.05, 0) is 21.5 Å². The van der Waals surface area contributed by atoms with E-state index >= 15 is 0 Å². The minimum atomic E-state index is 0.762. The van der Waals surface area contributed by atoms with Crippen LogP contribution in [0.2, 0.25) is 6.82 Å². The predicted molar refractivity (Wildman–Crippen MR) is 62.0 cm³/mol. The molecule has 2 aromatic heterocycles. The molecule has 4 heteroatoms. The molecule has 0 aliphatic heterocycles. The number of nitrogens with zero attached hydrogens (tertiary/aromatic N) is 2. The third kappa shape index (κ3) is 1.38. The van der Waals surface area contributed by atoms with Gasteiger partial charge in [-0.15, -0.1) is 0 Å². The summed E-state index contributed by atoms with van der Waals surface area (Å²) in [5.41, 5.74) is 2.53. The van der Waals surface area contributed by atoms with Crippen LogP contribution < -0.4 is 5.46 Å². The molecule has 0 N–H and O–H groups in total. The molecule has 1 atom stereocenters. The fourth-order valence-corrected chi connectivity index (χ4v) is 2.25. The van der Waals surface area contributed by atoms with Crippen LogP contribution in [-0.4, -0.2) is 23.3 Å². The molecule has 0 spiro atoms. The summed E-state index contributed by atoms with van der Waals surface area (Å²) in [7, 11) is 1.84. The lowest BCUT2D eigenvalue weighted by Crippen LogP contribution is -2.07. The Balaban J connectivity index is 2.74. The zero-order valence-corrected chi connectivity index (χ0v) is 8.91. The predicted octanol–water partition coefficient (Wildman–Crippen LogP) is 1.22. The molecule has 0 aliphatic rings.